The van der Waals surface area contributed by atoms with E-state index in [2.05, 4.69) is 0 Å². The number of halogens is 1. The molecule has 0 aliphatic heterocycles. The minimum Gasteiger partial charge on any atom is -0.496 e. The minimum atomic E-state index is -1.42. The number of benzene rings is 1. The molecule has 0 saturated carbocycles. The maximum absolute atomic E-state index is 14.1. The van der Waals surface area contributed by atoms with E-state index in [1.54, 1.807) is 13.2 Å². The molecule has 0 unspecified atom stereocenters. The quantitative estimate of drug-likeness (QED) is 0.856. The molecule has 0 bridgehead atoms. The highest BCUT2D eigenvalue weighted by molar-refractivity contribution is 5.48. The second-order valence-corrected chi connectivity index (χ2v) is 4.74. The van der Waals surface area contributed by atoms with Gasteiger partial charge in [0.15, 0.2) is 0 Å². The van der Waals surface area contributed by atoms with Gasteiger partial charge in [-0.15, -0.1) is 0 Å². The molecule has 0 spiro atoms. The van der Waals surface area contributed by atoms with Crippen LogP contribution in [-0.2, 0) is 12.1 Å². The Morgan fingerprint density at radius 1 is 1.35 bits per heavy atom. The molecule has 0 fully saturated rings. The average Bonchev–Trinajstić information content (AvgIpc) is 2.25. The maximum Gasteiger partial charge on any atom is 0.134 e. The monoisotopic (exact) mass is 240 g/mol. The lowest BCUT2D eigenvalue weighted by atomic mass is 9.92. The number of hydrogen-bond acceptors (Lipinski definition) is 2. The summed E-state index contributed by atoms with van der Waals surface area (Å²) in [6, 6.07) is 3.68. The van der Waals surface area contributed by atoms with Crippen LogP contribution < -0.4 is 4.74 Å². The molecule has 1 rings (SSSR count). The standard InChI is InChI=1S/C14H21FO2/c1-10-7-8-12(14(2,3)15)13(17-4)11(10)6-5-9-16/h7-8,16H,5-6,9H2,1-4H3. The summed E-state index contributed by atoms with van der Waals surface area (Å²) in [7, 11) is 1.56. The van der Waals surface area contributed by atoms with E-state index in [-0.39, 0.29) is 6.61 Å². The fourth-order valence-corrected chi connectivity index (χ4v) is 1.99. The van der Waals surface area contributed by atoms with Crippen LogP contribution in [0.4, 0.5) is 4.39 Å². The molecule has 96 valence electrons. The van der Waals surface area contributed by atoms with E-state index in [9.17, 15) is 4.39 Å². The highest BCUT2D eigenvalue weighted by Crippen LogP contribution is 2.37. The molecule has 0 aromatic heterocycles. The highest BCUT2D eigenvalue weighted by Gasteiger charge is 2.25. The van der Waals surface area contributed by atoms with Crippen LogP contribution in [0.3, 0.4) is 0 Å². The number of aliphatic hydroxyl groups excluding tert-OH is 1. The molecular weight excluding hydrogens is 219 g/mol. The summed E-state index contributed by atoms with van der Waals surface area (Å²) in [5, 5.41) is 8.90. The summed E-state index contributed by atoms with van der Waals surface area (Å²) < 4.78 is 19.4. The molecule has 1 N–H and O–H groups in total. The van der Waals surface area contributed by atoms with E-state index < -0.39 is 5.67 Å². The Balaban J connectivity index is 3.26. The molecule has 0 aliphatic carbocycles. The van der Waals surface area contributed by atoms with Gasteiger partial charge in [-0.2, -0.15) is 0 Å². The van der Waals surface area contributed by atoms with Gasteiger partial charge in [-0.25, -0.2) is 4.39 Å². The number of aliphatic hydroxyl groups is 1. The van der Waals surface area contributed by atoms with Crippen molar-refractivity contribution in [2.75, 3.05) is 13.7 Å². The second kappa shape index (κ2) is 5.50. The fourth-order valence-electron chi connectivity index (χ4n) is 1.99. The van der Waals surface area contributed by atoms with Gasteiger partial charge in [0.2, 0.25) is 0 Å². The topological polar surface area (TPSA) is 29.5 Å². The Hall–Kier alpha value is -1.09. The fraction of sp³-hybridized carbons (Fsp3) is 0.571. The lowest BCUT2D eigenvalue weighted by molar-refractivity contribution is 0.213. The van der Waals surface area contributed by atoms with Gasteiger partial charge >= 0.3 is 0 Å². The van der Waals surface area contributed by atoms with E-state index >= 15 is 0 Å². The molecular formula is C14H21FO2. The average molecular weight is 240 g/mol. The summed E-state index contributed by atoms with van der Waals surface area (Å²) in [6.07, 6.45) is 1.36. The summed E-state index contributed by atoms with van der Waals surface area (Å²) >= 11 is 0. The zero-order valence-corrected chi connectivity index (χ0v) is 11.0. The van der Waals surface area contributed by atoms with Gasteiger partial charge in [0.25, 0.3) is 0 Å². The molecule has 0 radical (unpaired) electrons. The van der Waals surface area contributed by atoms with Crippen LogP contribution in [0, 0.1) is 6.92 Å². The van der Waals surface area contributed by atoms with Crippen LogP contribution in [0.25, 0.3) is 0 Å². The maximum atomic E-state index is 14.1. The molecule has 0 saturated heterocycles. The van der Waals surface area contributed by atoms with Crippen molar-refractivity contribution < 1.29 is 14.2 Å². The van der Waals surface area contributed by atoms with Crippen LogP contribution >= 0.6 is 0 Å². The van der Waals surface area contributed by atoms with Gasteiger partial charge in [0.1, 0.15) is 11.4 Å². The second-order valence-electron chi connectivity index (χ2n) is 4.74. The summed E-state index contributed by atoms with van der Waals surface area (Å²) in [6.45, 7) is 5.15. The first-order chi connectivity index (χ1) is 7.91. The third-order valence-electron chi connectivity index (χ3n) is 2.92. The van der Waals surface area contributed by atoms with Crippen LogP contribution in [0.2, 0.25) is 0 Å². The molecule has 0 heterocycles. The molecule has 2 nitrogen and oxygen atoms in total. The third-order valence-corrected chi connectivity index (χ3v) is 2.92. The summed E-state index contributed by atoms with van der Waals surface area (Å²) in [5.41, 5.74) is 1.21. The lowest BCUT2D eigenvalue weighted by Crippen LogP contribution is -2.13. The Kier molecular flexibility index (Phi) is 4.52. The smallest absolute Gasteiger partial charge is 0.134 e. The van der Waals surface area contributed by atoms with Gasteiger partial charge in [-0.3, -0.25) is 0 Å². The van der Waals surface area contributed by atoms with Crippen molar-refractivity contribution in [2.45, 2.75) is 39.3 Å². The Morgan fingerprint density at radius 3 is 2.47 bits per heavy atom. The first-order valence-corrected chi connectivity index (χ1v) is 5.88. The number of aryl methyl sites for hydroxylation is 1. The van der Waals surface area contributed by atoms with Crippen molar-refractivity contribution in [3.63, 3.8) is 0 Å². The van der Waals surface area contributed by atoms with Crippen molar-refractivity contribution in [1.82, 2.24) is 0 Å². The first kappa shape index (κ1) is 14.0. The molecule has 1 aromatic rings. The predicted molar refractivity (Wildman–Crippen MR) is 67.3 cm³/mol. The van der Waals surface area contributed by atoms with Gasteiger partial charge in [-0.1, -0.05) is 12.1 Å². The molecule has 1 aromatic carbocycles. The summed E-state index contributed by atoms with van der Waals surface area (Å²) in [5.74, 6) is 0.617. The molecule has 3 heteroatoms. The van der Waals surface area contributed by atoms with E-state index in [0.717, 1.165) is 11.1 Å². The van der Waals surface area contributed by atoms with Crippen molar-refractivity contribution >= 4 is 0 Å². The number of hydrogen-bond donors (Lipinski definition) is 1. The van der Waals surface area contributed by atoms with E-state index in [4.69, 9.17) is 9.84 Å². The van der Waals surface area contributed by atoms with Crippen LogP contribution in [0.15, 0.2) is 12.1 Å². The molecule has 17 heavy (non-hydrogen) atoms. The SMILES string of the molecule is COc1c(C(C)(C)F)ccc(C)c1CCCO. The van der Waals surface area contributed by atoms with Crippen molar-refractivity contribution in [3.8, 4) is 5.75 Å². The van der Waals surface area contributed by atoms with E-state index in [0.29, 0.717) is 24.2 Å². The Labute approximate surface area is 102 Å². The number of rotatable bonds is 5. The predicted octanol–water partition coefficient (Wildman–Crippen LogP) is 3.13. The van der Waals surface area contributed by atoms with Crippen molar-refractivity contribution in [3.05, 3.63) is 28.8 Å². The Bertz CT molecular complexity index is 381. The molecule has 0 aliphatic rings. The lowest BCUT2D eigenvalue weighted by Gasteiger charge is -2.22. The normalized spacial score (nSPS) is 11.6. The van der Waals surface area contributed by atoms with Crippen LogP contribution in [-0.4, -0.2) is 18.8 Å². The number of ether oxygens (including phenoxy) is 1. The highest BCUT2D eigenvalue weighted by atomic mass is 19.1. The first-order valence-electron chi connectivity index (χ1n) is 5.88. The van der Waals surface area contributed by atoms with Crippen LogP contribution in [0.5, 0.6) is 5.75 Å². The summed E-state index contributed by atoms with van der Waals surface area (Å²) in [4.78, 5) is 0. The minimum absolute atomic E-state index is 0.131. The van der Waals surface area contributed by atoms with E-state index in [1.807, 2.05) is 13.0 Å². The van der Waals surface area contributed by atoms with Gasteiger partial charge in [0, 0.05) is 12.2 Å². The number of alkyl halides is 1. The third kappa shape index (κ3) is 3.19. The van der Waals surface area contributed by atoms with Crippen molar-refractivity contribution in [1.29, 1.82) is 0 Å². The molecule has 0 atom stereocenters. The Morgan fingerprint density at radius 2 is 2.00 bits per heavy atom. The number of methoxy groups -OCH3 is 1. The zero-order valence-electron chi connectivity index (χ0n) is 11.0. The van der Waals surface area contributed by atoms with E-state index in [1.165, 1.54) is 13.8 Å². The molecule has 0 amide bonds. The van der Waals surface area contributed by atoms with Gasteiger partial charge in [0.05, 0.1) is 7.11 Å². The van der Waals surface area contributed by atoms with Crippen molar-refractivity contribution in [2.24, 2.45) is 0 Å². The van der Waals surface area contributed by atoms with Crippen LogP contribution in [0.1, 0.15) is 37.0 Å². The van der Waals surface area contributed by atoms with Gasteiger partial charge < -0.3 is 9.84 Å². The zero-order chi connectivity index (χ0) is 13.1. The van der Waals surface area contributed by atoms with Gasteiger partial charge in [-0.05, 0) is 44.7 Å². The largest absolute Gasteiger partial charge is 0.496 e.